The summed E-state index contributed by atoms with van der Waals surface area (Å²) in [7, 11) is 0.645. The predicted octanol–water partition coefficient (Wildman–Crippen LogP) is -0.821. The standard InChI is InChI=1S/C16H34O10Si2/c1-9-12(27(21-3,22-4)23-5)16(15(19)20,11-14(17)18)13(10-2)28(24-6,25-7)26-8/h12-13H,9-11H2,1-8H3,(H,17,18)(H,19,20)/p-2. The summed E-state index contributed by atoms with van der Waals surface area (Å²) >= 11 is 0. The number of carboxylic acid groups (broad SMARTS) is 2. The van der Waals surface area contributed by atoms with E-state index < -0.39 is 52.5 Å². The Morgan fingerprint density at radius 3 is 1.18 bits per heavy atom. The van der Waals surface area contributed by atoms with Gasteiger partial charge in [0.1, 0.15) is 0 Å². The first-order valence-electron chi connectivity index (χ1n) is 8.83. The summed E-state index contributed by atoms with van der Waals surface area (Å²) < 4.78 is 33.1. The maximum absolute atomic E-state index is 12.7. The third-order valence-electron chi connectivity index (χ3n) is 5.44. The average molecular weight is 441 g/mol. The van der Waals surface area contributed by atoms with Crippen LogP contribution < -0.4 is 10.2 Å². The molecular weight excluding hydrogens is 408 g/mol. The van der Waals surface area contributed by atoms with E-state index in [0.717, 1.165) is 0 Å². The lowest BCUT2D eigenvalue weighted by molar-refractivity contribution is -0.330. The topological polar surface area (TPSA) is 136 Å². The molecule has 2 unspecified atom stereocenters. The van der Waals surface area contributed by atoms with E-state index in [1.54, 1.807) is 13.8 Å². The summed E-state index contributed by atoms with van der Waals surface area (Å²) in [6, 6.07) is 0. The van der Waals surface area contributed by atoms with E-state index in [1.165, 1.54) is 42.7 Å². The van der Waals surface area contributed by atoms with Gasteiger partial charge in [-0.2, -0.15) is 0 Å². The van der Waals surface area contributed by atoms with E-state index in [9.17, 15) is 19.8 Å². The van der Waals surface area contributed by atoms with Crippen molar-refractivity contribution < 1.29 is 46.4 Å². The fourth-order valence-corrected chi connectivity index (χ4v) is 10.3. The average Bonchev–Trinajstić information content (AvgIpc) is 2.69. The second-order valence-electron chi connectivity index (χ2n) is 6.23. The third-order valence-corrected chi connectivity index (χ3v) is 12.4. The molecule has 0 aliphatic rings. The van der Waals surface area contributed by atoms with Gasteiger partial charge >= 0.3 is 17.6 Å². The van der Waals surface area contributed by atoms with Crippen molar-refractivity contribution in [3.05, 3.63) is 0 Å². The van der Waals surface area contributed by atoms with E-state index in [2.05, 4.69) is 0 Å². The summed E-state index contributed by atoms with van der Waals surface area (Å²) in [5, 5.41) is 24.4. The summed E-state index contributed by atoms with van der Waals surface area (Å²) in [5.41, 5.74) is -4.05. The van der Waals surface area contributed by atoms with E-state index in [0.29, 0.717) is 0 Å². The highest BCUT2D eigenvalue weighted by molar-refractivity contribution is 6.65. The maximum atomic E-state index is 12.7. The lowest BCUT2D eigenvalue weighted by atomic mass is 9.75. The van der Waals surface area contributed by atoms with Crippen molar-refractivity contribution in [1.82, 2.24) is 0 Å². The minimum atomic E-state index is -3.66. The van der Waals surface area contributed by atoms with Gasteiger partial charge in [-0.15, -0.1) is 0 Å². The Labute approximate surface area is 168 Å². The molecule has 0 bridgehead atoms. The first-order chi connectivity index (χ1) is 13.1. The number of carboxylic acids is 2. The van der Waals surface area contributed by atoms with Crippen molar-refractivity contribution >= 4 is 29.5 Å². The van der Waals surface area contributed by atoms with Crippen LogP contribution in [-0.2, 0) is 36.1 Å². The number of carbonyl (C=O) groups is 2. The van der Waals surface area contributed by atoms with Crippen LogP contribution in [0.2, 0.25) is 11.1 Å². The van der Waals surface area contributed by atoms with Crippen molar-refractivity contribution in [3.8, 4) is 0 Å². The minimum Gasteiger partial charge on any atom is -0.550 e. The molecule has 0 fully saturated rings. The van der Waals surface area contributed by atoms with Gasteiger partial charge in [-0.3, -0.25) is 0 Å². The van der Waals surface area contributed by atoms with E-state index in [1.807, 2.05) is 0 Å². The van der Waals surface area contributed by atoms with Gasteiger partial charge in [0.15, 0.2) is 0 Å². The van der Waals surface area contributed by atoms with Gasteiger partial charge in [0.2, 0.25) is 0 Å². The Morgan fingerprint density at radius 1 is 0.750 bits per heavy atom. The molecule has 0 aliphatic carbocycles. The monoisotopic (exact) mass is 440 g/mol. The van der Waals surface area contributed by atoms with Crippen LogP contribution in [0.5, 0.6) is 0 Å². The van der Waals surface area contributed by atoms with Crippen molar-refractivity contribution in [2.45, 2.75) is 44.2 Å². The molecule has 0 heterocycles. The van der Waals surface area contributed by atoms with Crippen LogP contribution in [0, 0.1) is 5.41 Å². The van der Waals surface area contributed by atoms with Crippen LogP contribution in [-0.4, -0.2) is 72.2 Å². The fraction of sp³-hybridized carbons (Fsp3) is 0.875. The van der Waals surface area contributed by atoms with E-state index in [-0.39, 0.29) is 12.8 Å². The molecule has 0 N–H and O–H groups in total. The highest BCUT2D eigenvalue weighted by Gasteiger charge is 2.66. The number of carbonyl (C=O) groups excluding carboxylic acids is 2. The Bertz CT molecular complexity index is 463. The molecule has 12 heteroatoms. The predicted molar refractivity (Wildman–Crippen MR) is 98.7 cm³/mol. The zero-order chi connectivity index (χ0) is 22.2. The largest absolute Gasteiger partial charge is 0.550 e. The van der Waals surface area contributed by atoms with Crippen LogP contribution in [0.15, 0.2) is 0 Å². The zero-order valence-corrected chi connectivity index (χ0v) is 19.9. The molecule has 0 aliphatic heterocycles. The van der Waals surface area contributed by atoms with Gasteiger partial charge in [0.25, 0.3) is 0 Å². The van der Waals surface area contributed by atoms with E-state index >= 15 is 0 Å². The molecule has 0 saturated carbocycles. The van der Waals surface area contributed by atoms with Crippen molar-refractivity contribution in [2.24, 2.45) is 5.41 Å². The Balaban J connectivity index is 7.13. The van der Waals surface area contributed by atoms with Gasteiger partial charge in [-0.25, -0.2) is 0 Å². The summed E-state index contributed by atoms with van der Waals surface area (Å²) in [5.74, 6) is -3.18. The second kappa shape index (κ2) is 11.4. The zero-order valence-electron chi connectivity index (χ0n) is 17.9. The van der Waals surface area contributed by atoms with Gasteiger partial charge in [0, 0.05) is 71.1 Å². The molecule has 0 aromatic carbocycles. The molecule has 0 amide bonds. The SMILES string of the molecule is CCC(C(CC(=O)[O-])(C(=O)[O-])C(CC)[Si](OC)(OC)OC)[Si](OC)(OC)OC. The molecule has 10 nitrogen and oxygen atoms in total. The minimum absolute atomic E-state index is 0.168. The van der Waals surface area contributed by atoms with Gasteiger partial charge in [-0.1, -0.05) is 13.8 Å². The highest BCUT2D eigenvalue weighted by Crippen LogP contribution is 2.57. The lowest BCUT2D eigenvalue weighted by Gasteiger charge is -2.53. The molecule has 0 radical (unpaired) electrons. The van der Waals surface area contributed by atoms with Gasteiger partial charge < -0.3 is 46.4 Å². The molecule has 0 saturated heterocycles. The normalized spacial score (nSPS) is 17.0. The molecular formula is C16H32O10Si2-2. The number of rotatable bonds is 15. The van der Waals surface area contributed by atoms with Gasteiger partial charge in [-0.05, 0) is 19.3 Å². The summed E-state index contributed by atoms with van der Waals surface area (Å²) in [6.45, 7) is 3.39. The molecule has 28 heavy (non-hydrogen) atoms. The number of hydrogen-bond acceptors (Lipinski definition) is 10. The Kier molecular flexibility index (Phi) is 11.0. The molecule has 166 valence electrons. The summed E-state index contributed by atoms with van der Waals surface area (Å²) in [4.78, 5) is 24.4. The summed E-state index contributed by atoms with van der Waals surface area (Å²) in [6.07, 6.45) is -0.537. The smallest absolute Gasteiger partial charge is 0.504 e. The van der Waals surface area contributed by atoms with E-state index in [4.69, 9.17) is 26.6 Å². The lowest BCUT2D eigenvalue weighted by Crippen LogP contribution is -2.66. The van der Waals surface area contributed by atoms with Gasteiger partial charge in [0.05, 0.1) is 0 Å². The quantitative estimate of drug-likeness (QED) is 0.297. The van der Waals surface area contributed by atoms with Crippen molar-refractivity contribution in [1.29, 1.82) is 0 Å². The fourth-order valence-electron chi connectivity index (χ4n) is 4.30. The molecule has 0 spiro atoms. The first-order valence-corrected chi connectivity index (χ1v) is 12.4. The Morgan fingerprint density at radius 2 is 1.04 bits per heavy atom. The van der Waals surface area contributed by atoms with Crippen molar-refractivity contribution in [3.63, 3.8) is 0 Å². The number of aliphatic carboxylic acids is 2. The number of hydrogen-bond donors (Lipinski definition) is 0. The molecule has 0 aromatic rings. The van der Waals surface area contributed by atoms with Crippen LogP contribution in [0.4, 0.5) is 0 Å². The first kappa shape index (κ1) is 27.1. The maximum Gasteiger partial charge on any atom is 0.504 e. The van der Waals surface area contributed by atoms with Crippen LogP contribution >= 0.6 is 0 Å². The highest BCUT2D eigenvalue weighted by atomic mass is 28.4. The molecule has 0 rings (SSSR count). The van der Waals surface area contributed by atoms with Crippen LogP contribution in [0.25, 0.3) is 0 Å². The molecule has 2 atom stereocenters. The third kappa shape index (κ3) is 4.65. The molecule has 0 aromatic heterocycles. The van der Waals surface area contributed by atoms with Crippen LogP contribution in [0.1, 0.15) is 33.1 Å². The second-order valence-corrected chi connectivity index (χ2v) is 12.5. The van der Waals surface area contributed by atoms with Crippen LogP contribution in [0.3, 0.4) is 0 Å². The Hall–Kier alpha value is -0.866. The van der Waals surface area contributed by atoms with Crippen molar-refractivity contribution in [2.75, 3.05) is 42.7 Å².